The SMILES string of the molecule is COC(=O)c1ccc2c(=O)n(CC(C)O)c(SCC#N)nc2c1. The Morgan fingerprint density at radius 3 is 2.91 bits per heavy atom. The van der Waals surface area contributed by atoms with Gasteiger partial charge in [-0.25, -0.2) is 9.78 Å². The van der Waals surface area contributed by atoms with E-state index in [0.29, 0.717) is 16.1 Å². The van der Waals surface area contributed by atoms with Gasteiger partial charge in [0, 0.05) is 0 Å². The Kier molecular flexibility index (Phi) is 5.36. The van der Waals surface area contributed by atoms with Crippen molar-refractivity contribution in [2.75, 3.05) is 12.9 Å². The molecule has 1 N–H and O–H groups in total. The molecule has 1 atom stereocenters. The van der Waals surface area contributed by atoms with Crippen LogP contribution in [0.25, 0.3) is 10.9 Å². The number of hydrogen-bond acceptors (Lipinski definition) is 7. The number of nitrogens with zero attached hydrogens (tertiary/aromatic N) is 3. The van der Waals surface area contributed by atoms with Crippen molar-refractivity contribution in [2.24, 2.45) is 0 Å². The van der Waals surface area contributed by atoms with Crippen molar-refractivity contribution in [3.05, 3.63) is 34.1 Å². The second kappa shape index (κ2) is 7.26. The Bertz CT molecular complexity index is 839. The third kappa shape index (κ3) is 3.70. The molecule has 23 heavy (non-hydrogen) atoms. The first-order valence-corrected chi connectivity index (χ1v) is 7.77. The third-order valence-corrected chi connectivity index (χ3v) is 3.90. The minimum Gasteiger partial charge on any atom is -0.465 e. The van der Waals surface area contributed by atoms with E-state index >= 15 is 0 Å². The van der Waals surface area contributed by atoms with Gasteiger partial charge in [0.25, 0.3) is 5.56 Å². The zero-order valence-electron chi connectivity index (χ0n) is 12.6. The van der Waals surface area contributed by atoms with Crippen LogP contribution in [0.3, 0.4) is 0 Å². The summed E-state index contributed by atoms with van der Waals surface area (Å²) in [6.07, 6.45) is -0.734. The highest BCUT2D eigenvalue weighted by atomic mass is 32.2. The second-order valence-corrected chi connectivity index (χ2v) is 5.77. The molecule has 2 aromatic rings. The number of nitriles is 1. The van der Waals surface area contributed by atoms with Gasteiger partial charge >= 0.3 is 5.97 Å². The number of aliphatic hydroxyl groups is 1. The quantitative estimate of drug-likeness (QED) is 0.497. The summed E-state index contributed by atoms with van der Waals surface area (Å²) in [6, 6.07) is 6.45. The number of carbonyl (C=O) groups excluding carboxylic acids is 1. The van der Waals surface area contributed by atoms with E-state index in [1.807, 2.05) is 6.07 Å². The lowest BCUT2D eigenvalue weighted by Crippen LogP contribution is -2.28. The van der Waals surface area contributed by atoms with Gasteiger partial charge in [0.15, 0.2) is 5.16 Å². The van der Waals surface area contributed by atoms with E-state index in [4.69, 9.17) is 5.26 Å². The topological polar surface area (TPSA) is 105 Å². The van der Waals surface area contributed by atoms with E-state index in [0.717, 1.165) is 11.8 Å². The van der Waals surface area contributed by atoms with Crippen molar-refractivity contribution in [2.45, 2.75) is 24.7 Å². The molecule has 0 saturated heterocycles. The molecule has 1 aromatic heterocycles. The third-order valence-electron chi connectivity index (χ3n) is 3.05. The van der Waals surface area contributed by atoms with Crippen molar-refractivity contribution in [3.8, 4) is 6.07 Å². The number of thioether (sulfide) groups is 1. The van der Waals surface area contributed by atoms with Crippen LogP contribution >= 0.6 is 11.8 Å². The van der Waals surface area contributed by atoms with Crippen LogP contribution in [0.15, 0.2) is 28.2 Å². The normalized spacial score (nSPS) is 11.9. The number of carbonyl (C=O) groups is 1. The number of fused-ring (bicyclic) bond motifs is 1. The predicted molar refractivity (Wildman–Crippen MR) is 85.4 cm³/mol. The molecular formula is C15H15N3O4S. The highest BCUT2D eigenvalue weighted by Crippen LogP contribution is 2.19. The van der Waals surface area contributed by atoms with Crippen molar-refractivity contribution in [1.29, 1.82) is 5.26 Å². The molecule has 0 bridgehead atoms. The summed E-state index contributed by atoms with van der Waals surface area (Å²) in [5, 5.41) is 19.0. The first kappa shape index (κ1) is 17.0. The maximum absolute atomic E-state index is 12.6. The minimum atomic E-state index is -0.734. The van der Waals surface area contributed by atoms with Gasteiger partial charge in [-0.05, 0) is 25.1 Å². The Balaban J connectivity index is 2.65. The first-order chi connectivity index (χ1) is 11.0. The number of rotatable bonds is 5. The van der Waals surface area contributed by atoms with Crippen molar-refractivity contribution < 1.29 is 14.6 Å². The highest BCUT2D eigenvalue weighted by Gasteiger charge is 2.15. The van der Waals surface area contributed by atoms with E-state index < -0.39 is 12.1 Å². The summed E-state index contributed by atoms with van der Waals surface area (Å²) in [7, 11) is 1.27. The fourth-order valence-corrected chi connectivity index (χ4v) is 2.75. The van der Waals surface area contributed by atoms with Gasteiger partial charge in [-0.2, -0.15) is 5.26 Å². The molecule has 0 aliphatic carbocycles. The molecule has 0 saturated carbocycles. The van der Waals surface area contributed by atoms with Crippen molar-refractivity contribution in [1.82, 2.24) is 9.55 Å². The van der Waals surface area contributed by atoms with Gasteiger partial charge in [-0.1, -0.05) is 11.8 Å². The van der Waals surface area contributed by atoms with E-state index in [-0.39, 0.29) is 23.4 Å². The molecule has 1 unspecified atom stereocenters. The van der Waals surface area contributed by atoms with Crippen molar-refractivity contribution >= 4 is 28.6 Å². The molecule has 0 fully saturated rings. The molecule has 1 aromatic carbocycles. The minimum absolute atomic E-state index is 0.0777. The molecule has 2 rings (SSSR count). The summed E-state index contributed by atoms with van der Waals surface area (Å²) in [5.74, 6) is -0.401. The molecule has 7 nitrogen and oxygen atoms in total. The zero-order valence-corrected chi connectivity index (χ0v) is 13.5. The average molecular weight is 333 g/mol. The number of methoxy groups -OCH3 is 1. The number of esters is 1. The van der Waals surface area contributed by atoms with Crippen LogP contribution in [0.1, 0.15) is 17.3 Å². The fraction of sp³-hybridized carbons (Fsp3) is 0.333. The number of benzene rings is 1. The summed E-state index contributed by atoms with van der Waals surface area (Å²) >= 11 is 1.10. The lowest BCUT2D eigenvalue weighted by Gasteiger charge is -2.14. The van der Waals surface area contributed by atoms with Gasteiger partial charge in [0.05, 0.1) is 48.0 Å². The molecule has 0 amide bonds. The molecule has 1 heterocycles. The predicted octanol–water partition coefficient (Wildman–Crippen LogP) is 1.18. The standard InChI is InChI=1S/C15H15N3O4S/c1-9(19)8-18-13(20)11-4-3-10(14(21)22-2)7-12(11)17-15(18)23-6-5-16/h3-4,7,9,19H,6,8H2,1-2H3. The summed E-state index contributed by atoms with van der Waals surface area (Å²) in [5.41, 5.74) is 0.310. The molecule has 0 aliphatic rings. The maximum Gasteiger partial charge on any atom is 0.337 e. The van der Waals surface area contributed by atoms with Gasteiger partial charge in [-0.15, -0.1) is 0 Å². The highest BCUT2D eigenvalue weighted by molar-refractivity contribution is 7.99. The number of aromatic nitrogens is 2. The van der Waals surface area contributed by atoms with Crippen LogP contribution in [-0.4, -0.2) is 39.6 Å². The second-order valence-electron chi connectivity index (χ2n) is 4.83. The Labute approximate surface area is 136 Å². The van der Waals surface area contributed by atoms with Crippen LogP contribution in [0.5, 0.6) is 0 Å². The van der Waals surface area contributed by atoms with Crippen LogP contribution in [0.2, 0.25) is 0 Å². The van der Waals surface area contributed by atoms with E-state index in [1.165, 1.54) is 29.9 Å². The summed E-state index contributed by atoms with van der Waals surface area (Å²) < 4.78 is 6.00. The van der Waals surface area contributed by atoms with Gasteiger partial charge in [0.2, 0.25) is 0 Å². The van der Waals surface area contributed by atoms with Gasteiger partial charge in [0.1, 0.15) is 0 Å². The number of ether oxygens (including phenoxy) is 1. The lowest BCUT2D eigenvalue weighted by atomic mass is 10.1. The Morgan fingerprint density at radius 1 is 1.57 bits per heavy atom. The van der Waals surface area contributed by atoms with Crippen LogP contribution in [0.4, 0.5) is 0 Å². The summed E-state index contributed by atoms with van der Waals surface area (Å²) in [4.78, 5) is 28.6. The average Bonchev–Trinajstić information content (AvgIpc) is 2.54. The van der Waals surface area contributed by atoms with Crippen LogP contribution in [0, 0.1) is 11.3 Å². The monoisotopic (exact) mass is 333 g/mol. The lowest BCUT2D eigenvalue weighted by molar-refractivity contribution is 0.0601. The zero-order chi connectivity index (χ0) is 17.0. The fourth-order valence-electron chi connectivity index (χ4n) is 2.08. The Hall–Kier alpha value is -2.37. The first-order valence-electron chi connectivity index (χ1n) is 6.78. The number of aliphatic hydroxyl groups excluding tert-OH is 1. The number of hydrogen-bond donors (Lipinski definition) is 1. The summed E-state index contributed by atoms with van der Waals surface area (Å²) in [6.45, 7) is 1.64. The largest absolute Gasteiger partial charge is 0.465 e. The van der Waals surface area contributed by atoms with Gasteiger partial charge < -0.3 is 9.84 Å². The van der Waals surface area contributed by atoms with E-state index in [1.54, 1.807) is 6.92 Å². The molecule has 0 aliphatic heterocycles. The van der Waals surface area contributed by atoms with E-state index in [2.05, 4.69) is 9.72 Å². The molecule has 0 spiro atoms. The maximum atomic E-state index is 12.6. The molecule has 8 heteroatoms. The Morgan fingerprint density at radius 2 is 2.30 bits per heavy atom. The smallest absolute Gasteiger partial charge is 0.337 e. The van der Waals surface area contributed by atoms with E-state index in [9.17, 15) is 14.7 Å². The van der Waals surface area contributed by atoms with Gasteiger partial charge in [-0.3, -0.25) is 9.36 Å². The molecular weight excluding hydrogens is 318 g/mol. The van der Waals surface area contributed by atoms with Crippen LogP contribution < -0.4 is 5.56 Å². The molecule has 0 radical (unpaired) electrons. The van der Waals surface area contributed by atoms with Crippen molar-refractivity contribution in [3.63, 3.8) is 0 Å². The van der Waals surface area contributed by atoms with Crippen LogP contribution in [-0.2, 0) is 11.3 Å². The molecule has 120 valence electrons.